The van der Waals surface area contributed by atoms with E-state index in [4.69, 9.17) is 0 Å². The molecule has 0 bridgehead atoms. The van der Waals surface area contributed by atoms with Crippen LogP contribution in [-0.2, 0) is 10.0 Å². The van der Waals surface area contributed by atoms with E-state index in [1.54, 1.807) is 24.3 Å². The van der Waals surface area contributed by atoms with Gasteiger partial charge in [-0.1, -0.05) is 43.2 Å². The average Bonchev–Trinajstić information content (AvgIpc) is 2.41. The van der Waals surface area contributed by atoms with Gasteiger partial charge < -0.3 is 5.11 Å². The van der Waals surface area contributed by atoms with Gasteiger partial charge >= 0.3 is 0 Å². The summed E-state index contributed by atoms with van der Waals surface area (Å²) in [5.74, 6) is 0.200. The molecule has 4 nitrogen and oxygen atoms in total. The Morgan fingerprint density at radius 3 is 2.43 bits per heavy atom. The van der Waals surface area contributed by atoms with Gasteiger partial charge in [-0.15, -0.1) is 0 Å². The number of aliphatic hydroxyl groups excluding tert-OH is 1. The van der Waals surface area contributed by atoms with E-state index in [2.05, 4.69) is 4.72 Å². The predicted octanol–water partition coefficient (Wildman–Crippen LogP) is 2.38. The van der Waals surface area contributed by atoms with Crippen molar-refractivity contribution < 1.29 is 13.5 Å². The lowest BCUT2D eigenvalue weighted by Crippen LogP contribution is -2.47. The molecule has 0 saturated carbocycles. The van der Waals surface area contributed by atoms with E-state index in [1.807, 2.05) is 26.8 Å². The highest BCUT2D eigenvalue weighted by atomic mass is 32.2. The largest absolute Gasteiger partial charge is 0.391 e. The normalized spacial score (nSPS) is 23.2. The fraction of sp³-hybridized carbons (Fsp3) is 0.500. The van der Waals surface area contributed by atoms with Crippen LogP contribution in [0.25, 0.3) is 0 Å². The number of sulfonamides is 1. The van der Waals surface area contributed by atoms with Crippen molar-refractivity contribution in [3.05, 3.63) is 41.5 Å². The van der Waals surface area contributed by atoms with Gasteiger partial charge in [-0.05, 0) is 37.8 Å². The highest BCUT2D eigenvalue weighted by Gasteiger charge is 2.31. The molecule has 1 aromatic rings. The molecule has 0 saturated heterocycles. The minimum atomic E-state index is -3.63. The van der Waals surface area contributed by atoms with E-state index in [0.717, 1.165) is 17.6 Å². The molecule has 0 fully saturated rings. The van der Waals surface area contributed by atoms with Gasteiger partial charge in [0.05, 0.1) is 17.0 Å². The van der Waals surface area contributed by atoms with E-state index in [-0.39, 0.29) is 10.8 Å². The molecule has 116 valence electrons. The summed E-state index contributed by atoms with van der Waals surface area (Å²) in [6.45, 7) is 5.93. The first-order valence-corrected chi connectivity index (χ1v) is 8.76. The Bertz CT molecular complexity index is 617. The quantitative estimate of drug-likeness (QED) is 0.839. The Morgan fingerprint density at radius 1 is 1.24 bits per heavy atom. The molecule has 5 heteroatoms. The van der Waals surface area contributed by atoms with E-state index in [9.17, 15) is 13.5 Å². The van der Waals surface area contributed by atoms with Gasteiger partial charge in [0.1, 0.15) is 0 Å². The molecular formula is C16H23NO3S. The van der Waals surface area contributed by atoms with Gasteiger partial charge in [0, 0.05) is 0 Å². The van der Waals surface area contributed by atoms with Crippen molar-refractivity contribution in [1.29, 1.82) is 0 Å². The second-order valence-corrected chi connectivity index (χ2v) is 7.63. The van der Waals surface area contributed by atoms with Gasteiger partial charge in [-0.2, -0.15) is 0 Å². The van der Waals surface area contributed by atoms with E-state index in [0.29, 0.717) is 6.42 Å². The second-order valence-electron chi connectivity index (χ2n) is 5.92. The van der Waals surface area contributed by atoms with Gasteiger partial charge in [0.25, 0.3) is 0 Å². The molecule has 0 heterocycles. The van der Waals surface area contributed by atoms with Gasteiger partial charge in [0.15, 0.2) is 0 Å². The molecule has 0 amide bonds. The molecule has 0 spiro atoms. The van der Waals surface area contributed by atoms with Crippen LogP contribution < -0.4 is 4.72 Å². The highest BCUT2D eigenvalue weighted by molar-refractivity contribution is 7.89. The molecule has 1 aromatic carbocycles. The second kappa shape index (κ2) is 6.30. The van der Waals surface area contributed by atoms with Crippen molar-refractivity contribution in [3.63, 3.8) is 0 Å². The van der Waals surface area contributed by atoms with Crippen molar-refractivity contribution in [2.24, 2.45) is 5.92 Å². The lowest BCUT2D eigenvalue weighted by molar-refractivity contribution is 0.132. The summed E-state index contributed by atoms with van der Waals surface area (Å²) in [7, 11) is -3.63. The summed E-state index contributed by atoms with van der Waals surface area (Å²) in [4.78, 5) is 0.231. The Hall–Kier alpha value is -1.17. The number of nitrogens with one attached hydrogen (secondary N) is 1. The molecular weight excluding hydrogens is 286 g/mol. The third-order valence-corrected chi connectivity index (χ3v) is 5.32. The summed E-state index contributed by atoms with van der Waals surface area (Å²) in [6, 6.07) is 6.18. The summed E-state index contributed by atoms with van der Waals surface area (Å²) in [6.07, 6.45) is 2.74. The first kappa shape index (κ1) is 16.2. The summed E-state index contributed by atoms with van der Waals surface area (Å²) in [5.41, 5.74) is 1.97. The number of benzene rings is 1. The summed E-state index contributed by atoms with van der Waals surface area (Å²) >= 11 is 0. The fourth-order valence-corrected chi connectivity index (χ4v) is 3.89. The highest BCUT2D eigenvalue weighted by Crippen LogP contribution is 2.26. The summed E-state index contributed by atoms with van der Waals surface area (Å²) in [5, 5.41) is 10.2. The van der Waals surface area contributed by atoms with Crippen LogP contribution in [0, 0.1) is 12.8 Å². The number of hydrogen-bond acceptors (Lipinski definition) is 3. The molecule has 0 unspecified atom stereocenters. The van der Waals surface area contributed by atoms with Crippen LogP contribution in [0.1, 0.15) is 32.3 Å². The van der Waals surface area contributed by atoms with Crippen molar-refractivity contribution in [3.8, 4) is 0 Å². The van der Waals surface area contributed by atoms with Gasteiger partial charge in [-0.3, -0.25) is 0 Å². The Labute approximate surface area is 126 Å². The van der Waals surface area contributed by atoms with Crippen LogP contribution in [0.3, 0.4) is 0 Å². The molecule has 2 N–H and O–H groups in total. The van der Waals surface area contributed by atoms with Crippen molar-refractivity contribution in [2.75, 3.05) is 0 Å². The van der Waals surface area contributed by atoms with E-state index >= 15 is 0 Å². The third-order valence-electron chi connectivity index (χ3n) is 3.87. The Morgan fingerprint density at radius 2 is 1.86 bits per heavy atom. The van der Waals surface area contributed by atoms with Crippen LogP contribution in [0.15, 0.2) is 40.8 Å². The number of aliphatic hydroxyl groups is 1. The van der Waals surface area contributed by atoms with Crippen LogP contribution in [0.4, 0.5) is 0 Å². The SMILES string of the molecule is Cc1ccc(S(=O)(=O)N[C@H]2C(C(C)C)=CCC[C@H]2O)cc1. The molecule has 1 aliphatic rings. The zero-order valence-electron chi connectivity index (χ0n) is 12.7. The Kier molecular flexibility index (Phi) is 4.86. The number of hydrogen-bond donors (Lipinski definition) is 2. The number of allylic oxidation sites excluding steroid dienone is 1. The molecule has 0 aromatic heterocycles. The predicted molar refractivity (Wildman–Crippen MR) is 83.5 cm³/mol. The van der Waals surface area contributed by atoms with Crippen LogP contribution >= 0.6 is 0 Å². The third kappa shape index (κ3) is 3.73. The van der Waals surface area contributed by atoms with E-state index in [1.165, 1.54) is 0 Å². The maximum Gasteiger partial charge on any atom is 0.241 e. The van der Waals surface area contributed by atoms with Gasteiger partial charge in [-0.25, -0.2) is 13.1 Å². The number of rotatable bonds is 4. The first-order valence-electron chi connectivity index (χ1n) is 7.28. The minimum absolute atomic E-state index is 0.200. The van der Waals surface area contributed by atoms with E-state index < -0.39 is 22.2 Å². The maximum absolute atomic E-state index is 12.5. The van der Waals surface area contributed by atoms with Crippen molar-refractivity contribution in [1.82, 2.24) is 4.72 Å². The van der Waals surface area contributed by atoms with Crippen LogP contribution in [-0.4, -0.2) is 25.7 Å². The Balaban J connectivity index is 2.28. The zero-order valence-corrected chi connectivity index (χ0v) is 13.5. The van der Waals surface area contributed by atoms with Crippen molar-refractivity contribution in [2.45, 2.75) is 50.7 Å². The fourth-order valence-electron chi connectivity index (χ4n) is 2.63. The standard InChI is InChI=1S/C16H23NO3S/c1-11(2)14-5-4-6-15(18)16(14)17-21(19,20)13-9-7-12(3)8-10-13/h5,7-11,15-18H,4,6H2,1-3H3/t15-,16+/m1/s1. The molecule has 0 radical (unpaired) electrons. The monoisotopic (exact) mass is 309 g/mol. The zero-order chi connectivity index (χ0) is 15.6. The van der Waals surface area contributed by atoms with Crippen LogP contribution in [0.2, 0.25) is 0 Å². The average molecular weight is 309 g/mol. The van der Waals surface area contributed by atoms with Crippen molar-refractivity contribution >= 4 is 10.0 Å². The maximum atomic E-state index is 12.5. The number of aryl methyl sites for hydroxylation is 1. The van der Waals surface area contributed by atoms with Crippen LogP contribution in [0.5, 0.6) is 0 Å². The summed E-state index contributed by atoms with van der Waals surface area (Å²) < 4.78 is 27.6. The molecule has 2 atom stereocenters. The topological polar surface area (TPSA) is 66.4 Å². The first-order chi connectivity index (χ1) is 9.81. The molecule has 0 aliphatic heterocycles. The lowest BCUT2D eigenvalue weighted by atomic mass is 9.86. The minimum Gasteiger partial charge on any atom is -0.391 e. The molecule has 2 rings (SSSR count). The lowest BCUT2D eigenvalue weighted by Gasteiger charge is -2.32. The molecule has 21 heavy (non-hydrogen) atoms. The smallest absolute Gasteiger partial charge is 0.241 e. The molecule has 1 aliphatic carbocycles. The van der Waals surface area contributed by atoms with Gasteiger partial charge in [0.2, 0.25) is 10.0 Å².